The van der Waals surface area contributed by atoms with Gasteiger partial charge in [-0.2, -0.15) is 0 Å². The Morgan fingerprint density at radius 3 is 3.04 bits per heavy atom. The predicted molar refractivity (Wildman–Crippen MR) is 91.6 cm³/mol. The molecule has 122 valence electrons. The third-order valence-corrected chi connectivity index (χ3v) is 5.36. The minimum absolute atomic E-state index is 0.185. The van der Waals surface area contributed by atoms with Crippen molar-refractivity contribution in [3.8, 4) is 5.75 Å². The van der Waals surface area contributed by atoms with Crippen LogP contribution in [-0.4, -0.2) is 42.2 Å². The summed E-state index contributed by atoms with van der Waals surface area (Å²) in [7, 11) is 1.56. The molecule has 0 aliphatic carbocycles. The van der Waals surface area contributed by atoms with Gasteiger partial charge in [-0.3, -0.25) is 4.98 Å². The minimum atomic E-state index is -0.344. The molecular formula is C14H13BrClN3O3S. The Morgan fingerprint density at radius 1 is 1.52 bits per heavy atom. The van der Waals surface area contributed by atoms with Gasteiger partial charge in [0.1, 0.15) is 31.5 Å². The van der Waals surface area contributed by atoms with Crippen LogP contribution in [0.3, 0.4) is 0 Å². The molecule has 23 heavy (non-hydrogen) atoms. The van der Waals surface area contributed by atoms with E-state index in [1.165, 1.54) is 17.5 Å². The molecule has 1 unspecified atom stereocenters. The fourth-order valence-corrected chi connectivity index (χ4v) is 3.99. The molecular weight excluding hydrogens is 406 g/mol. The Balaban J connectivity index is 1.62. The molecule has 3 rings (SSSR count). The van der Waals surface area contributed by atoms with Gasteiger partial charge in [0.2, 0.25) is 0 Å². The van der Waals surface area contributed by atoms with Crippen LogP contribution in [0.25, 0.3) is 0 Å². The monoisotopic (exact) mass is 417 g/mol. The quantitative estimate of drug-likeness (QED) is 0.709. The maximum atomic E-state index is 12.2. The molecule has 0 saturated carbocycles. The van der Waals surface area contributed by atoms with Gasteiger partial charge in [0, 0.05) is 19.0 Å². The number of hydrogen-bond donors (Lipinski definition) is 0. The number of methoxy groups -OCH3 is 1. The highest BCUT2D eigenvalue weighted by Crippen LogP contribution is 2.35. The molecule has 0 radical (unpaired) electrons. The number of ether oxygens (including phenoxy) is 2. The largest absolute Gasteiger partial charge is 0.495 e. The van der Waals surface area contributed by atoms with Crippen LogP contribution in [0.2, 0.25) is 5.15 Å². The molecule has 0 amide bonds. The number of carbonyl (C=O) groups excluding carboxylic acids is 1. The molecule has 6 nitrogen and oxygen atoms in total. The third kappa shape index (κ3) is 3.76. The number of thiophene rings is 1. The lowest BCUT2D eigenvalue weighted by Gasteiger charge is -2.16. The average Bonchev–Trinajstić information content (AvgIpc) is 3.14. The second-order valence-corrected chi connectivity index (χ2v) is 7.67. The maximum Gasteiger partial charge on any atom is 0.348 e. The van der Waals surface area contributed by atoms with Crippen LogP contribution < -0.4 is 9.64 Å². The zero-order valence-electron chi connectivity index (χ0n) is 12.2. The first-order valence-electron chi connectivity index (χ1n) is 6.83. The van der Waals surface area contributed by atoms with Crippen LogP contribution in [0.5, 0.6) is 5.75 Å². The molecule has 0 aromatic carbocycles. The number of nitrogens with zero attached hydrogens (tertiary/aromatic N) is 3. The van der Waals surface area contributed by atoms with Gasteiger partial charge in [-0.25, -0.2) is 9.78 Å². The Kier molecular flexibility index (Phi) is 5.03. The summed E-state index contributed by atoms with van der Waals surface area (Å²) in [5.41, 5.74) is 0. The van der Waals surface area contributed by atoms with Gasteiger partial charge < -0.3 is 14.4 Å². The van der Waals surface area contributed by atoms with Crippen LogP contribution in [0.15, 0.2) is 22.2 Å². The van der Waals surface area contributed by atoms with Gasteiger partial charge in [-0.05, 0) is 15.9 Å². The van der Waals surface area contributed by atoms with Crippen molar-refractivity contribution in [1.29, 1.82) is 0 Å². The molecule has 1 atom stereocenters. The molecule has 1 saturated heterocycles. The Morgan fingerprint density at radius 2 is 2.35 bits per heavy atom. The Labute approximate surface area is 150 Å². The van der Waals surface area contributed by atoms with Crippen LogP contribution in [0, 0.1) is 0 Å². The van der Waals surface area contributed by atoms with E-state index in [1.807, 2.05) is 4.90 Å². The van der Waals surface area contributed by atoms with Gasteiger partial charge in [0.15, 0.2) is 0 Å². The zero-order valence-corrected chi connectivity index (χ0v) is 15.3. The minimum Gasteiger partial charge on any atom is -0.495 e. The van der Waals surface area contributed by atoms with Gasteiger partial charge in [0.25, 0.3) is 0 Å². The number of hydrogen-bond acceptors (Lipinski definition) is 7. The van der Waals surface area contributed by atoms with Crippen molar-refractivity contribution in [3.63, 3.8) is 0 Å². The van der Waals surface area contributed by atoms with E-state index in [0.717, 1.165) is 16.8 Å². The second kappa shape index (κ2) is 7.02. The molecule has 0 spiro atoms. The highest BCUT2D eigenvalue weighted by molar-refractivity contribution is 9.11. The summed E-state index contributed by atoms with van der Waals surface area (Å²) in [5.74, 6) is 0.976. The first-order valence-corrected chi connectivity index (χ1v) is 8.82. The molecule has 0 bridgehead atoms. The molecule has 1 aliphatic rings. The van der Waals surface area contributed by atoms with Gasteiger partial charge >= 0.3 is 5.97 Å². The third-order valence-electron chi connectivity index (χ3n) is 3.41. The zero-order chi connectivity index (χ0) is 16.4. The summed E-state index contributed by atoms with van der Waals surface area (Å²) in [6.07, 6.45) is 3.69. The number of anilines is 1. The normalized spacial score (nSPS) is 17.3. The van der Waals surface area contributed by atoms with Gasteiger partial charge in [-0.15, -0.1) is 11.3 Å². The van der Waals surface area contributed by atoms with E-state index in [2.05, 4.69) is 25.9 Å². The van der Waals surface area contributed by atoms with Crippen molar-refractivity contribution in [2.75, 3.05) is 25.1 Å². The Bertz CT molecular complexity index is 727. The number of esters is 1. The summed E-state index contributed by atoms with van der Waals surface area (Å²) in [6, 6.07) is 1.67. The van der Waals surface area contributed by atoms with Crippen molar-refractivity contribution in [3.05, 3.63) is 32.3 Å². The van der Waals surface area contributed by atoms with E-state index in [1.54, 1.807) is 19.4 Å². The molecule has 3 heterocycles. The maximum absolute atomic E-state index is 12.2. The number of rotatable bonds is 4. The highest BCUT2D eigenvalue weighted by atomic mass is 79.9. The van der Waals surface area contributed by atoms with Crippen molar-refractivity contribution >= 4 is 50.7 Å². The summed E-state index contributed by atoms with van der Waals surface area (Å²) < 4.78 is 11.5. The van der Waals surface area contributed by atoms with E-state index in [4.69, 9.17) is 21.1 Å². The highest BCUT2D eigenvalue weighted by Gasteiger charge is 2.28. The summed E-state index contributed by atoms with van der Waals surface area (Å²) in [5, 5.41) is 0.346. The fraction of sp³-hybridized carbons (Fsp3) is 0.357. The van der Waals surface area contributed by atoms with Gasteiger partial charge in [0.05, 0.1) is 26.0 Å². The first-order chi connectivity index (χ1) is 11.1. The van der Waals surface area contributed by atoms with Crippen molar-refractivity contribution in [2.45, 2.75) is 12.5 Å². The topological polar surface area (TPSA) is 64.6 Å². The van der Waals surface area contributed by atoms with Crippen LogP contribution in [0.4, 0.5) is 5.82 Å². The molecule has 2 aromatic rings. The SMILES string of the molecule is COc1cc(C(=O)OC2CCN(c3cncc(Cl)n3)C2)sc1Br. The lowest BCUT2D eigenvalue weighted by molar-refractivity contribution is 0.0353. The summed E-state index contributed by atoms with van der Waals surface area (Å²) >= 11 is 10.5. The van der Waals surface area contributed by atoms with Crippen LogP contribution in [-0.2, 0) is 4.74 Å². The lowest BCUT2D eigenvalue weighted by atomic mass is 10.3. The molecule has 0 N–H and O–H groups in total. The summed E-state index contributed by atoms with van der Waals surface area (Å²) in [6.45, 7) is 1.31. The number of carbonyl (C=O) groups is 1. The fourth-order valence-electron chi connectivity index (χ4n) is 2.32. The average molecular weight is 419 g/mol. The lowest BCUT2D eigenvalue weighted by Crippen LogP contribution is -2.25. The second-order valence-electron chi connectivity index (χ2n) is 4.91. The first kappa shape index (κ1) is 16.5. The van der Waals surface area contributed by atoms with E-state index in [-0.39, 0.29) is 12.1 Å². The molecule has 9 heteroatoms. The van der Waals surface area contributed by atoms with Crippen molar-refractivity contribution in [1.82, 2.24) is 9.97 Å². The van der Waals surface area contributed by atoms with Crippen LogP contribution >= 0.6 is 38.9 Å². The molecule has 1 aliphatic heterocycles. The van der Waals surface area contributed by atoms with Crippen molar-refractivity contribution < 1.29 is 14.3 Å². The number of halogens is 2. The van der Waals surface area contributed by atoms with E-state index < -0.39 is 0 Å². The van der Waals surface area contributed by atoms with Gasteiger partial charge in [-0.1, -0.05) is 11.6 Å². The number of aromatic nitrogens is 2. The molecule has 1 fully saturated rings. The van der Waals surface area contributed by atoms with Crippen molar-refractivity contribution in [2.24, 2.45) is 0 Å². The Hall–Kier alpha value is -1.38. The standard InChI is InChI=1S/C14H13BrClN3O3S/c1-21-9-4-10(23-13(9)15)14(20)22-8-2-3-19(7-8)12-6-17-5-11(16)18-12/h4-6,8H,2-3,7H2,1H3. The van der Waals surface area contributed by atoms with E-state index in [9.17, 15) is 4.79 Å². The summed E-state index contributed by atoms with van der Waals surface area (Å²) in [4.78, 5) is 23.0. The molecule has 2 aromatic heterocycles. The smallest absolute Gasteiger partial charge is 0.348 e. The predicted octanol–water partition coefficient (Wildman–Crippen LogP) is 3.40. The van der Waals surface area contributed by atoms with Crippen LogP contribution in [0.1, 0.15) is 16.1 Å². The van der Waals surface area contributed by atoms with E-state index in [0.29, 0.717) is 28.1 Å². The van der Waals surface area contributed by atoms with E-state index >= 15 is 0 Å².